The van der Waals surface area contributed by atoms with Gasteiger partial charge in [0.1, 0.15) is 5.60 Å². The third kappa shape index (κ3) is 4.46. The van der Waals surface area contributed by atoms with Crippen molar-refractivity contribution in [2.24, 2.45) is 0 Å². The highest BCUT2D eigenvalue weighted by Gasteiger charge is 2.27. The summed E-state index contributed by atoms with van der Waals surface area (Å²) in [5.74, 6) is -0.0986. The summed E-state index contributed by atoms with van der Waals surface area (Å²) >= 11 is 0. The van der Waals surface area contributed by atoms with Crippen LogP contribution >= 0.6 is 0 Å². The fourth-order valence-corrected chi connectivity index (χ4v) is 1.68. The minimum Gasteiger partial charge on any atom is -0.444 e. The van der Waals surface area contributed by atoms with Crippen LogP contribution < -0.4 is 5.32 Å². The van der Waals surface area contributed by atoms with E-state index in [-0.39, 0.29) is 11.9 Å². The maximum atomic E-state index is 11.5. The van der Waals surface area contributed by atoms with Gasteiger partial charge in [0.25, 0.3) is 0 Å². The number of rotatable bonds is 2. The molecular weight excluding hydrogens is 220 g/mol. The molecule has 96 valence electrons. The molecule has 1 fully saturated rings. The zero-order valence-corrected chi connectivity index (χ0v) is 10.7. The van der Waals surface area contributed by atoms with Crippen LogP contribution in [0, 0.1) is 0 Å². The average molecular weight is 240 g/mol. The van der Waals surface area contributed by atoms with Crippen LogP contribution in [0.2, 0.25) is 0 Å². The molecule has 0 saturated carbocycles. The molecule has 0 aliphatic carbocycles. The number of hydrogen-bond acceptors (Lipinski definition) is 3. The van der Waals surface area contributed by atoms with Crippen LogP contribution in [0.3, 0.4) is 0 Å². The van der Waals surface area contributed by atoms with Crippen LogP contribution in [0.25, 0.3) is 0 Å². The first-order valence-electron chi connectivity index (χ1n) is 5.72. The molecule has 2 amide bonds. The normalized spacial score (nSPS) is 19.9. The number of carbonyl (C=O) groups is 2. The fourth-order valence-electron chi connectivity index (χ4n) is 1.68. The second kappa shape index (κ2) is 5.21. The van der Waals surface area contributed by atoms with E-state index in [2.05, 4.69) is 11.9 Å². The lowest BCUT2D eigenvalue weighted by molar-refractivity contribution is -0.125. The van der Waals surface area contributed by atoms with Gasteiger partial charge in [-0.05, 0) is 33.3 Å². The molecule has 1 rings (SSSR count). The van der Waals surface area contributed by atoms with Gasteiger partial charge >= 0.3 is 6.09 Å². The fraction of sp³-hybridized carbons (Fsp3) is 0.667. The Bertz CT molecular complexity index is 320. The van der Waals surface area contributed by atoms with Crippen molar-refractivity contribution in [2.45, 2.75) is 38.8 Å². The lowest BCUT2D eigenvalue weighted by Gasteiger charge is -2.21. The summed E-state index contributed by atoms with van der Waals surface area (Å²) in [5.41, 5.74) is -0.501. The Morgan fingerprint density at radius 2 is 2.12 bits per heavy atom. The number of hydrogen-bond donors (Lipinski definition) is 1. The Kier molecular flexibility index (Phi) is 4.15. The summed E-state index contributed by atoms with van der Waals surface area (Å²) in [5, 5.41) is 2.76. The monoisotopic (exact) mass is 240 g/mol. The van der Waals surface area contributed by atoms with Gasteiger partial charge in [0, 0.05) is 13.1 Å². The Morgan fingerprint density at radius 1 is 1.47 bits per heavy atom. The van der Waals surface area contributed by atoms with Crippen molar-refractivity contribution in [2.75, 3.05) is 13.1 Å². The summed E-state index contributed by atoms with van der Waals surface area (Å²) in [6.07, 6.45) is 1.60. The number of carbonyl (C=O) groups excluding carboxylic acids is 2. The third-order valence-corrected chi connectivity index (χ3v) is 2.40. The van der Waals surface area contributed by atoms with Gasteiger partial charge in [0.15, 0.2) is 0 Å². The van der Waals surface area contributed by atoms with Crippen molar-refractivity contribution in [3.8, 4) is 0 Å². The minimum atomic E-state index is -0.501. The lowest BCUT2D eigenvalue weighted by atomic mass is 10.2. The SMILES string of the molecule is C=CC(=O)N1CCC(NC(=O)OC(C)(C)C)C1. The van der Waals surface area contributed by atoms with Crippen LogP contribution in [0.15, 0.2) is 12.7 Å². The molecule has 1 unspecified atom stereocenters. The maximum absolute atomic E-state index is 11.5. The Balaban J connectivity index is 2.38. The zero-order valence-electron chi connectivity index (χ0n) is 10.7. The second-order valence-electron chi connectivity index (χ2n) is 5.12. The minimum absolute atomic E-state index is 0.0336. The van der Waals surface area contributed by atoms with Crippen LogP contribution in [0.5, 0.6) is 0 Å². The van der Waals surface area contributed by atoms with Gasteiger partial charge in [0.2, 0.25) is 5.91 Å². The summed E-state index contributed by atoms with van der Waals surface area (Å²) in [4.78, 5) is 24.5. The van der Waals surface area contributed by atoms with Crippen molar-refractivity contribution >= 4 is 12.0 Å². The molecule has 0 aromatic carbocycles. The number of nitrogens with zero attached hydrogens (tertiary/aromatic N) is 1. The number of nitrogens with one attached hydrogen (secondary N) is 1. The highest BCUT2D eigenvalue weighted by atomic mass is 16.6. The molecule has 1 heterocycles. The molecule has 1 N–H and O–H groups in total. The molecule has 0 spiro atoms. The molecule has 1 atom stereocenters. The standard InChI is InChI=1S/C12H20N2O3/c1-5-10(15)14-7-6-9(8-14)13-11(16)17-12(2,3)4/h5,9H,1,6-8H2,2-4H3,(H,13,16). The van der Waals surface area contributed by atoms with E-state index in [0.29, 0.717) is 13.1 Å². The average Bonchev–Trinajstić information content (AvgIpc) is 2.62. The summed E-state index contributed by atoms with van der Waals surface area (Å²) in [6, 6.07) is -0.0336. The first-order chi connectivity index (χ1) is 7.81. The van der Waals surface area contributed by atoms with E-state index in [1.165, 1.54) is 6.08 Å². The van der Waals surface area contributed by atoms with Crippen LogP contribution in [-0.2, 0) is 9.53 Å². The van der Waals surface area contributed by atoms with Gasteiger partial charge in [-0.15, -0.1) is 0 Å². The summed E-state index contributed by atoms with van der Waals surface area (Å²) < 4.78 is 5.15. The molecule has 1 aliphatic rings. The maximum Gasteiger partial charge on any atom is 0.407 e. The second-order valence-corrected chi connectivity index (χ2v) is 5.12. The Labute approximate surface area is 102 Å². The molecule has 1 saturated heterocycles. The van der Waals surface area contributed by atoms with E-state index in [1.807, 2.05) is 20.8 Å². The summed E-state index contributed by atoms with van der Waals surface area (Å²) in [6.45, 7) is 10.0. The van der Waals surface area contributed by atoms with Gasteiger partial charge in [-0.25, -0.2) is 4.79 Å². The predicted octanol–water partition coefficient (Wildman–Crippen LogP) is 1.30. The van der Waals surface area contributed by atoms with Gasteiger partial charge < -0.3 is 15.0 Å². The molecule has 0 bridgehead atoms. The van der Waals surface area contributed by atoms with E-state index in [4.69, 9.17) is 4.74 Å². The van der Waals surface area contributed by atoms with E-state index in [0.717, 1.165) is 6.42 Å². The van der Waals surface area contributed by atoms with E-state index >= 15 is 0 Å². The molecule has 0 radical (unpaired) electrons. The molecule has 0 aromatic heterocycles. The van der Waals surface area contributed by atoms with E-state index in [1.54, 1.807) is 4.90 Å². The first-order valence-corrected chi connectivity index (χ1v) is 5.72. The van der Waals surface area contributed by atoms with Crippen molar-refractivity contribution < 1.29 is 14.3 Å². The van der Waals surface area contributed by atoms with Crippen molar-refractivity contribution in [1.29, 1.82) is 0 Å². The van der Waals surface area contributed by atoms with Gasteiger partial charge in [-0.2, -0.15) is 0 Å². The number of ether oxygens (including phenoxy) is 1. The van der Waals surface area contributed by atoms with E-state index < -0.39 is 11.7 Å². The molecule has 0 aromatic rings. The van der Waals surface area contributed by atoms with Gasteiger partial charge in [0.05, 0.1) is 6.04 Å². The Hall–Kier alpha value is -1.52. The lowest BCUT2D eigenvalue weighted by Crippen LogP contribution is -2.41. The van der Waals surface area contributed by atoms with Gasteiger partial charge in [-0.1, -0.05) is 6.58 Å². The van der Waals surface area contributed by atoms with E-state index in [9.17, 15) is 9.59 Å². The quantitative estimate of drug-likeness (QED) is 0.740. The topological polar surface area (TPSA) is 58.6 Å². The number of alkyl carbamates (subject to hydrolysis) is 1. The summed E-state index contributed by atoms with van der Waals surface area (Å²) in [7, 11) is 0. The smallest absolute Gasteiger partial charge is 0.407 e. The predicted molar refractivity (Wildman–Crippen MR) is 64.6 cm³/mol. The highest BCUT2D eigenvalue weighted by Crippen LogP contribution is 2.11. The molecule has 17 heavy (non-hydrogen) atoms. The number of likely N-dealkylation sites (tertiary alicyclic amines) is 1. The van der Waals surface area contributed by atoms with Crippen LogP contribution in [-0.4, -0.2) is 41.6 Å². The first kappa shape index (κ1) is 13.5. The van der Waals surface area contributed by atoms with Crippen molar-refractivity contribution in [3.63, 3.8) is 0 Å². The van der Waals surface area contributed by atoms with Crippen molar-refractivity contribution in [1.82, 2.24) is 10.2 Å². The largest absolute Gasteiger partial charge is 0.444 e. The van der Waals surface area contributed by atoms with Crippen molar-refractivity contribution in [3.05, 3.63) is 12.7 Å². The zero-order chi connectivity index (χ0) is 13.1. The number of amides is 2. The molecular formula is C12H20N2O3. The van der Waals surface area contributed by atoms with Crippen LogP contribution in [0.4, 0.5) is 4.79 Å². The molecule has 5 nitrogen and oxygen atoms in total. The van der Waals surface area contributed by atoms with Crippen LogP contribution in [0.1, 0.15) is 27.2 Å². The highest BCUT2D eigenvalue weighted by molar-refractivity contribution is 5.87. The molecule has 5 heteroatoms. The third-order valence-electron chi connectivity index (χ3n) is 2.40. The Morgan fingerprint density at radius 3 is 2.65 bits per heavy atom. The molecule has 1 aliphatic heterocycles. The van der Waals surface area contributed by atoms with Gasteiger partial charge in [-0.3, -0.25) is 4.79 Å².